The molecule has 2 N–H and O–H groups in total. The summed E-state index contributed by atoms with van der Waals surface area (Å²) in [6, 6.07) is 0. The molecule has 0 aromatic heterocycles. The van der Waals surface area contributed by atoms with Gasteiger partial charge in [0.15, 0.2) is 0 Å². The maximum Gasteiger partial charge on any atom is 0.224 e. The van der Waals surface area contributed by atoms with Gasteiger partial charge in [0.2, 0.25) is 5.91 Å². The number of likely N-dealkylation sites (tertiary alicyclic amines) is 1. The normalized spacial score (nSPS) is 23.1. The lowest BCUT2D eigenvalue weighted by Gasteiger charge is -2.33. The molecule has 1 aliphatic rings. The number of nitrogens with one attached hydrogen (secondary N) is 1. The van der Waals surface area contributed by atoms with Gasteiger partial charge in [0.05, 0.1) is 11.5 Å². The number of nitrogens with zero attached hydrogens (tertiary/aromatic N) is 1. The molecule has 0 aromatic rings. The van der Waals surface area contributed by atoms with Gasteiger partial charge in [-0.15, -0.1) is 0 Å². The van der Waals surface area contributed by atoms with Crippen molar-refractivity contribution in [3.63, 3.8) is 0 Å². The summed E-state index contributed by atoms with van der Waals surface area (Å²) in [5.74, 6) is 0.272. The number of piperidine rings is 1. The highest BCUT2D eigenvalue weighted by Gasteiger charge is 2.25. The average molecular weight is 228 g/mol. The number of hydrogen-bond acceptors (Lipinski definition) is 3. The highest BCUT2D eigenvalue weighted by Crippen LogP contribution is 2.18. The fraction of sp³-hybridized carbons (Fsp3) is 0.917. The minimum absolute atomic E-state index is 0.126. The van der Waals surface area contributed by atoms with E-state index in [4.69, 9.17) is 0 Å². The second-order valence-electron chi connectivity index (χ2n) is 5.32. The van der Waals surface area contributed by atoms with Gasteiger partial charge >= 0.3 is 0 Å². The minimum atomic E-state index is -0.611. The maximum absolute atomic E-state index is 11.5. The lowest BCUT2D eigenvalue weighted by molar-refractivity contribution is -0.126. The van der Waals surface area contributed by atoms with Crippen LogP contribution in [-0.2, 0) is 4.79 Å². The molecule has 4 nitrogen and oxygen atoms in total. The smallest absolute Gasteiger partial charge is 0.224 e. The van der Waals surface area contributed by atoms with Crippen LogP contribution in [0.1, 0.15) is 33.1 Å². The first-order chi connectivity index (χ1) is 7.42. The molecular weight excluding hydrogens is 204 g/mol. The predicted octanol–water partition coefficient (Wildman–Crippen LogP) is 0.605. The molecule has 0 spiro atoms. The van der Waals surface area contributed by atoms with Gasteiger partial charge < -0.3 is 15.3 Å². The van der Waals surface area contributed by atoms with E-state index >= 15 is 0 Å². The lowest BCUT2D eigenvalue weighted by Crippen LogP contribution is -2.43. The average Bonchev–Trinajstić information content (AvgIpc) is 2.25. The summed E-state index contributed by atoms with van der Waals surface area (Å²) >= 11 is 0. The van der Waals surface area contributed by atoms with Crippen LogP contribution in [0.3, 0.4) is 0 Å². The molecule has 4 heteroatoms. The van der Waals surface area contributed by atoms with Crippen molar-refractivity contribution in [2.75, 3.05) is 26.7 Å². The number of carbonyl (C=O) groups excluding carboxylic acids is 1. The number of hydrogen-bond donors (Lipinski definition) is 2. The largest absolute Gasteiger partial charge is 0.390 e. The first-order valence-electron chi connectivity index (χ1n) is 6.09. The second-order valence-corrected chi connectivity index (χ2v) is 5.32. The molecular formula is C12H24N2O2. The van der Waals surface area contributed by atoms with Crippen molar-refractivity contribution >= 4 is 5.91 Å². The van der Waals surface area contributed by atoms with Crippen molar-refractivity contribution in [3.8, 4) is 0 Å². The Balaban J connectivity index is 2.36. The third-order valence-corrected chi connectivity index (χ3v) is 3.16. The van der Waals surface area contributed by atoms with E-state index in [1.165, 1.54) is 0 Å². The Morgan fingerprint density at radius 3 is 2.81 bits per heavy atom. The third-order valence-electron chi connectivity index (χ3n) is 3.16. The fourth-order valence-electron chi connectivity index (χ4n) is 2.11. The maximum atomic E-state index is 11.5. The van der Waals surface area contributed by atoms with Crippen LogP contribution in [0.4, 0.5) is 0 Å². The molecule has 94 valence electrons. The molecule has 1 aliphatic heterocycles. The molecule has 1 fully saturated rings. The van der Waals surface area contributed by atoms with Crippen molar-refractivity contribution in [3.05, 3.63) is 0 Å². The monoisotopic (exact) mass is 228 g/mol. The van der Waals surface area contributed by atoms with E-state index in [9.17, 15) is 9.90 Å². The van der Waals surface area contributed by atoms with Gasteiger partial charge in [0.1, 0.15) is 0 Å². The zero-order chi connectivity index (χ0) is 12.2. The zero-order valence-corrected chi connectivity index (χ0v) is 10.6. The van der Waals surface area contributed by atoms with E-state index in [1.807, 2.05) is 13.8 Å². The Kier molecular flexibility index (Phi) is 4.74. The van der Waals surface area contributed by atoms with Crippen LogP contribution in [0.5, 0.6) is 0 Å². The molecule has 0 bridgehead atoms. The van der Waals surface area contributed by atoms with Gasteiger partial charge in [0.25, 0.3) is 0 Å². The second kappa shape index (κ2) is 5.64. The van der Waals surface area contributed by atoms with Crippen LogP contribution in [0, 0.1) is 5.92 Å². The summed E-state index contributed by atoms with van der Waals surface area (Å²) in [6.45, 7) is 6.40. The highest BCUT2D eigenvalue weighted by molar-refractivity contribution is 5.78. The summed E-state index contributed by atoms with van der Waals surface area (Å²) in [5, 5.41) is 12.4. The molecule has 0 radical (unpaired) electrons. The van der Waals surface area contributed by atoms with Gasteiger partial charge in [-0.1, -0.05) is 0 Å². The molecule has 1 amide bonds. The van der Waals surface area contributed by atoms with E-state index in [0.717, 1.165) is 38.9 Å². The molecule has 1 rings (SSSR count). The van der Waals surface area contributed by atoms with Crippen LogP contribution < -0.4 is 5.32 Å². The first-order valence-corrected chi connectivity index (χ1v) is 6.09. The summed E-state index contributed by atoms with van der Waals surface area (Å²) in [7, 11) is 1.69. The van der Waals surface area contributed by atoms with Crippen LogP contribution in [0.25, 0.3) is 0 Å². The van der Waals surface area contributed by atoms with E-state index < -0.39 is 5.60 Å². The molecule has 0 saturated carbocycles. The molecule has 1 heterocycles. The number of carbonyl (C=O) groups is 1. The predicted molar refractivity (Wildman–Crippen MR) is 64.1 cm³/mol. The van der Waals surface area contributed by atoms with Gasteiger partial charge in [-0.2, -0.15) is 0 Å². The highest BCUT2D eigenvalue weighted by atomic mass is 16.3. The molecule has 1 atom stereocenters. The van der Waals surface area contributed by atoms with Crippen molar-refractivity contribution in [1.82, 2.24) is 10.2 Å². The molecule has 1 saturated heterocycles. The zero-order valence-electron chi connectivity index (χ0n) is 10.6. The van der Waals surface area contributed by atoms with E-state index in [0.29, 0.717) is 0 Å². The van der Waals surface area contributed by atoms with Crippen molar-refractivity contribution in [2.45, 2.75) is 38.7 Å². The third kappa shape index (κ3) is 4.49. The number of rotatable bonds is 4. The van der Waals surface area contributed by atoms with Gasteiger partial charge in [-0.25, -0.2) is 0 Å². The Hall–Kier alpha value is -0.610. The number of amides is 1. The summed E-state index contributed by atoms with van der Waals surface area (Å²) < 4.78 is 0. The lowest BCUT2D eigenvalue weighted by atomic mass is 9.96. The van der Waals surface area contributed by atoms with Crippen molar-refractivity contribution in [1.29, 1.82) is 0 Å². The fourth-order valence-corrected chi connectivity index (χ4v) is 2.11. The topological polar surface area (TPSA) is 52.6 Å². The van der Waals surface area contributed by atoms with Crippen LogP contribution in [0.2, 0.25) is 0 Å². The van der Waals surface area contributed by atoms with Crippen molar-refractivity contribution < 1.29 is 9.90 Å². The van der Waals surface area contributed by atoms with Crippen LogP contribution in [0.15, 0.2) is 0 Å². The standard InChI is InChI=1S/C12H24N2O2/c1-12(2,16)6-8-14-7-4-5-10(9-14)11(15)13-3/h10,16H,4-9H2,1-3H3,(H,13,15). The first kappa shape index (κ1) is 13.5. The summed E-state index contributed by atoms with van der Waals surface area (Å²) in [5.41, 5.74) is -0.611. The Morgan fingerprint density at radius 1 is 1.56 bits per heavy atom. The van der Waals surface area contributed by atoms with E-state index in [2.05, 4.69) is 10.2 Å². The van der Waals surface area contributed by atoms with Crippen molar-refractivity contribution in [2.24, 2.45) is 5.92 Å². The van der Waals surface area contributed by atoms with Crippen LogP contribution in [-0.4, -0.2) is 48.2 Å². The Labute approximate surface area is 98.0 Å². The molecule has 0 aliphatic carbocycles. The van der Waals surface area contributed by atoms with Crippen LogP contribution >= 0.6 is 0 Å². The molecule has 1 unspecified atom stereocenters. The summed E-state index contributed by atoms with van der Waals surface area (Å²) in [4.78, 5) is 13.8. The Morgan fingerprint density at radius 2 is 2.25 bits per heavy atom. The molecule has 16 heavy (non-hydrogen) atoms. The minimum Gasteiger partial charge on any atom is -0.390 e. The van der Waals surface area contributed by atoms with E-state index in [1.54, 1.807) is 7.05 Å². The Bertz CT molecular complexity index is 236. The quantitative estimate of drug-likeness (QED) is 0.741. The summed E-state index contributed by atoms with van der Waals surface area (Å²) in [6.07, 6.45) is 2.82. The molecule has 0 aromatic carbocycles. The number of aliphatic hydroxyl groups is 1. The van der Waals surface area contributed by atoms with Gasteiger partial charge in [-0.3, -0.25) is 4.79 Å². The van der Waals surface area contributed by atoms with E-state index in [-0.39, 0.29) is 11.8 Å². The SMILES string of the molecule is CNC(=O)C1CCCN(CCC(C)(C)O)C1. The van der Waals surface area contributed by atoms with Gasteiger partial charge in [0, 0.05) is 20.1 Å². The van der Waals surface area contributed by atoms with Gasteiger partial charge in [-0.05, 0) is 39.7 Å².